The highest BCUT2D eigenvalue weighted by atomic mass is 127. The van der Waals surface area contributed by atoms with Gasteiger partial charge in [0.25, 0.3) is 0 Å². The first-order valence-electron chi connectivity index (χ1n) is 3.14. The largest absolute Gasteiger partial charge is 0.171 e. The Morgan fingerprint density at radius 1 is 1.40 bits per heavy atom. The van der Waals surface area contributed by atoms with Gasteiger partial charge < -0.3 is 0 Å². The van der Waals surface area contributed by atoms with Crippen molar-refractivity contribution in [1.29, 1.82) is 0 Å². The van der Waals surface area contributed by atoms with E-state index in [9.17, 15) is 0 Å². The van der Waals surface area contributed by atoms with Crippen molar-refractivity contribution in [2.75, 3.05) is 0 Å². The highest BCUT2D eigenvalue weighted by Gasteiger charge is 2.01. The van der Waals surface area contributed by atoms with Crippen LogP contribution in [0.3, 0.4) is 0 Å². The van der Waals surface area contributed by atoms with E-state index in [1.807, 2.05) is 12.1 Å². The van der Waals surface area contributed by atoms with Gasteiger partial charge >= 0.3 is 0 Å². The van der Waals surface area contributed by atoms with Crippen LogP contribution in [-0.4, -0.2) is 0 Å². The molecule has 0 saturated carbocycles. The Morgan fingerprint density at radius 2 is 2.00 bits per heavy atom. The third-order valence-electron chi connectivity index (χ3n) is 1.36. The molecule has 1 aromatic carbocycles. The van der Waals surface area contributed by atoms with Crippen LogP contribution in [0.4, 0.5) is 0 Å². The molecule has 1 atom stereocenters. The molecule has 2 heteroatoms. The summed E-state index contributed by atoms with van der Waals surface area (Å²) in [6.07, 6.45) is 0. The van der Waals surface area contributed by atoms with Crippen LogP contribution in [0.1, 0.15) is 17.7 Å². The Morgan fingerprint density at radius 3 is 2.40 bits per heavy atom. The number of rotatable bonds is 1. The molecule has 0 spiro atoms. The lowest BCUT2D eigenvalue weighted by Crippen LogP contribution is -1.87. The van der Waals surface area contributed by atoms with Gasteiger partial charge in [-0.3, -0.25) is 0 Å². The lowest BCUT2D eigenvalue weighted by molar-refractivity contribution is 1.10. The molecule has 1 aromatic rings. The molecule has 10 heavy (non-hydrogen) atoms. The van der Waals surface area contributed by atoms with Gasteiger partial charge in [0.2, 0.25) is 0 Å². The van der Waals surface area contributed by atoms with E-state index in [4.69, 9.17) is 0 Å². The van der Waals surface area contributed by atoms with Crippen LogP contribution in [0.5, 0.6) is 0 Å². The molecule has 1 rings (SSSR count). The predicted octanol–water partition coefficient (Wildman–Crippen LogP) is 3.28. The van der Waals surface area contributed by atoms with E-state index in [-0.39, 0.29) is 0 Å². The molecule has 0 N–H and O–H groups in total. The monoisotopic (exact) mass is 264 g/mol. The Kier molecular flexibility index (Phi) is 3.04. The van der Waals surface area contributed by atoms with E-state index in [1.54, 1.807) is 0 Å². The Labute approximate surface area is 80.6 Å². The van der Waals surface area contributed by atoms with Crippen LogP contribution in [0.2, 0.25) is 0 Å². The van der Waals surface area contributed by atoms with E-state index < -0.39 is 0 Å². The van der Waals surface area contributed by atoms with Crippen molar-refractivity contribution in [3.8, 4) is 0 Å². The standard InChI is InChI=1S/C8H9IS/c1-6(10)7-4-2-3-5-8(7)9/h2-6,10H,1H3/t6-/m0/s1. The van der Waals surface area contributed by atoms with Gasteiger partial charge in [-0.1, -0.05) is 18.2 Å². The van der Waals surface area contributed by atoms with Gasteiger partial charge in [-0.25, -0.2) is 0 Å². The molecule has 0 saturated heterocycles. The van der Waals surface area contributed by atoms with E-state index in [1.165, 1.54) is 9.13 Å². The Hall–Kier alpha value is 0.300. The summed E-state index contributed by atoms with van der Waals surface area (Å²) in [6.45, 7) is 2.08. The van der Waals surface area contributed by atoms with Gasteiger partial charge in [0.1, 0.15) is 0 Å². The van der Waals surface area contributed by atoms with Crippen molar-refractivity contribution in [1.82, 2.24) is 0 Å². The zero-order chi connectivity index (χ0) is 7.56. The zero-order valence-electron chi connectivity index (χ0n) is 5.71. The SMILES string of the molecule is C[C@H](S)c1ccccc1I. The number of benzene rings is 1. The van der Waals surface area contributed by atoms with Crippen molar-refractivity contribution >= 4 is 35.2 Å². The van der Waals surface area contributed by atoms with E-state index in [2.05, 4.69) is 54.3 Å². The maximum Gasteiger partial charge on any atom is 0.0249 e. The summed E-state index contributed by atoms with van der Waals surface area (Å²) >= 11 is 6.68. The molecule has 0 heterocycles. The highest BCUT2D eigenvalue weighted by molar-refractivity contribution is 14.1. The van der Waals surface area contributed by atoms with Gasteiger partial charge in [0, 0.05) is 8.82 Å². The van der Waals surface area contributed by atoms with Gasteiger partial charge in [-0.15, -0.1) is 0 Å². The fourth-order valence-electron chi connectivity index (χ4n) is 0.814. The maximum absolute atomic E-state index is 4.35. The first kappa shape index (κ1) is 8.40. The number of thiol groups is 1. The first-order valence-corrected chi connectivity index (χ1v) is 4.74. The molecule has 0 amide bonds. The number of halogens is 1. The van der Waals surface area contributed by atoms with Gasteiger partial charge in [0.15, 0.2) is 0 Å². The quantitative estimate of drug-likeness (QED) is 0.584. The summed E-state index contributed by atoms with van der Waals surface area (Å²) in [5, 5.41) is 0.341. The molecule has 0 aliphatic heterocycles. The van der Waals surface area contributed by atoms with Crippen LogP contribution in [0.25, 0.3) is 0 Å². The first-order chi connectivity index (χ1) is 4.72. The minimum atomic E-state index is 0.341. The van der Waals surface area contributed by atoms with Crippen molar-refractivity contribution in [3.05, 3.63) is 33.4 Å². The average molecular weight is 264 g/mol. The zero-order valence-corrected chi connectivity index (χ0v) is 8.76. The summed E-state index contributed by atoms with van der Waals surface area (Å²) < 4.78 is 1.29. The normalized spacial score (nSPS) is 13.1. The molecule has 54 valence electrons. The lowest BCUT2D eigenvalue weighted by atomic mass is 10.2. The van der Waals surface area contributed by atoms with Crippen molar-refractivity contribution in [3.63, 3.8) is 0 Å². The second-order valence-electron chi connectivity index (χ2n) is 2.20. The van der Waals surface area contributed by atoms with Gasteiger partial charge in [-0.05, 0) is 41.1 Å². The molecule has 0 nitrogen and oxygen atoms in total. The van der Waals surface area contributed by atoms with Crippen molar-refractivity contribution < 1.29 is 0 Å². The molecule has 0 unspecified atom stereocenters. The van der Waals surface area contributed by atoms with E-state index in [0.29, 0.717) is 5.25 Å². The van der Waals surface area contributed by atoms with Crippen LogP contribution in [-0.2, 0) is 0 Å². The molecule has 0 aromatic heterocycles. The van der Waals surface area contributed by atoms with Crippen LogP contribution in [0.15, 0.2) is 24.3 Å². The minimum absolute atomic E-state index is 0.341. The topological polar surface area (TPSA) is 0 Å². The second kappa shape index (κ2) is 3.62. The fourth-order valence-corrected chi connectivity index (χ4v) is 2.14. The number of hydrogen-bond acceptors (Lipinski definition) is 1. The summed E-state index contributed by atoms with van der Waals surface area (Å²) in [5.74, 6) is 0. The molecular formula is C8H9IS. The molecule has 0 fully saturated rings. The molecule has 0 aliphatic rings. The van der Waals surface area contributed by atoms with Crippen LogP contribution in [0, 0.1) is 3.57 Å². The van der Waals surface area contributed by atoms with E-state index in [0.717, 1.165) is 0 Å². The molecule has 0 bridgehead atoms. The summed E-state index contributed by atoms with van der Waals surface area (Å²) in [5.41, 5.74) is 1.31. The molecular weight excluding hydrogens is 255 g/mol. The molecule has 0 radical (unpaired) electrons. The van der Waals surface area contributed by atoms with E-state index >= 15 is 0 Å². The third-order valence-corrected chi connectivity index (χ3v) is 2.62. The number of hydrogen-bond donors (Lipinski definition) is 1. The van der Waals surface area contributed by atoms with Gasteiger partial charge in [-0.2, -0.15) is 12.6 Å². The van der Waals surface area contributed by atoms with Crippen LogP contribution < -0.4 is 0 Å². The second-order valence-corrected chi connectivity index (χ2v) is 4.13. The average Bonchev–Trinajstić information content (AvgIpc) is 1.88. The fraction of sp³-hybridized carbons (Fsp3) is 0.250. The lowest BCUT2D eigenvalue weighted by Gasteiger charge is -2.05. The Balaban J connectivity index is 3.03. The van der Waals surface area contributed by atoms with Gasteiger partial charge in [0.05, 0.1) is 0 Å². The summed E-state index contributed by atoms with van der Waals surface area (Å²) in [7, 11) is 0. The minimum Gasteiger partial charge on any atom is -0.171 e. The third kappa shape index (κ3) is 1.89. The van der Waals surface area contributed by atoms with Crippen LogP contribution >= 0.6 is 35.2 Å². The van der Waals surface area contributed by atoms with Crippen molar-refractivity contribution in [2.24, 2.45) is 0 Å². The smallest absolute Gasteiger partial charge is 0.0249 e. The highest BCUT2D eigenvalue weighted by Crippen LogP contribution is 2.23. The molecule has 0 aliphatic carbocycles. The summed E-state index contributed by atoms with van der Waals surface area (Å²) in [6, 6.07) is 8.30. The summed E-state index contributed by atoms with van der Waals surface area (Å²) in [4.78, 5) is 0. The Bertz CT molecular complexity index is 220. The predicted molar refractivity (Wildman–Crippen MR) is 56.6 cm³/mol. The maximum atomic E-state index is 4.35. The van der Waals surface area contributed by atoms with Crippen molar-refractivity contribution in [2.45, 2.75) is 12.2 Å².